The summed E-state index contributed by atoms with van der Waals surface area (Å²) in [6.45, 7) is 5.55. The minimum Gasteiger partial charge on any atom is -0.299 e. The smallest absolute Gasteiger partial charge is 0.168 e. The molecule has 1 atom stereocenters. The number of ketones is 2. The van der Waals surface area contributed by atoms with Crippen LogP contribution in [-0.4, -0.2) is 11.6 Å². The third-order valence-electron chi connectivity index (χ3n) is 2.40. The molecule has 0 spiro atoms. The van der Waals surface area contributed by atoms with Crippen molar-refractivity contribution in [1.29, 1.82) is 0 Å². The average Bonchev–Trinajstić information content (AvgIpc) is 2.00. The number of Topliss-reactive ketones (excluding diaryl/α,β-unsaturated/α-hetero) is 2. The lowest BCUT2D eigenvalue weighted by Gasteiger charge is -2.19. The van der Waals surface area contributed by atoms with Crippen molar-refractivity contribution in [1.82, 2.24) is 0 Å². The number of hydrogen-bond donors (Lipinski definition) is 0. The SMILES string of the molecule is CC(C)=C1CCC(=O)C(C)C1=O. The molecular weight excluding hydrogens is 152 g/mol. The molecule has 2 heteroatoms. The van der Waals surface area contributed by atoms with E-state index in [1.807, 2.05) is 13.8 Å². The Morgan fingerprint density at radius 2 is 1.83 bits per heavy atom. The summed E-state index contributed by atoms with van der Waals surface area (Å²) in [5.41, 5.74) is 1.92. The van der Waals surface area contributed by atoms with Gasteiger partial charge in [-0.2, -0.15) is 0 Å². The van der Waals surface area contributed by atoms with E-state index in [1.165, 1.54) is 0 Å². The van der Waals surface area contributed by atoms with Gasteiger partial charge in [-0.3, -0.25) is 9.59 Å². The lowest BCUT2D eigenvalue weighted by molar-refractivity contribution is -0.131. The van der Waals surface area contributed by atoms with Gasteiger partial charge in [-0.25, -0.2) is 0 Å². The average molecular weight is 166 g/mol. The number of allylic oxidation sites excluding steroid dienone is 2. The molecule has 1 unspecified atom stereocenters. The summed E-state index contributed by atoms with van der Waals surface area (Å²) in [6.07, 6.45) is 1.18. The minimum absolute atomic E-state index is 0.0336. The van der Waals surface area contributed by atoms with Gasteiger partial charge >= 0.3 is 0 Å². The normalized spacial score (nSPS) is 24.6. The Morgan fingerprint density at radius 3 is 2.33 bits per heavy atom. The predicted molar refractivity (Wildman–Crippen MR) is 46.8 cm³/mol. The molecule has 12 heavy (non-hydrogen) atoms. The molecule has 1 fully saturated rings. The van der Waals surface area contributed by atoms with E-state index in [9.17, 15) is 9.59 Å². The first-order valence-electron chi connectivity index (χ1n) is 4.27. The second-order valence-electron chi connectivity index (χ2n) is 3.53. The number of rotatable bonds is 0. The van der Waals surface area contributed by atoms with Crippen LogP contribution in [0.1, 0.15) is 33.6 Å². The van der Waals surface area contributed by atoms with Crippen LogP contribution in [0.15, 0.2) is 11.1 Å². The minimum atomic E-state index is -0.399. The Labute approximate surface area is 72.7 Å². The fraction of sp³-hybridized carbons (Fsp3) is 0.600. The van der Waals surface area contributed by atoms with Crippen molar-refractivity contribution < 1.29 is 9.59 Å². The molecule has 2 nitrogen and oxygen atoms in total. The summed E-state index contributed by atoms with van der Waals surface area (Å²) in [6, 6.07) is 0. The van der Waals surface area contributed by atoms with Crippen molar-refractivity contribution in [2.75, 3.05) is 0 Å². The van der Waals surface area contributed by atoms with E-state index in [1.54, 1.807) is 6.92 Å². The maximum absolute atomic E-state index is 11.5. The summed E-state index contributed by atoms with van der Waals surface area (Å²) in [4.78, 5) is 22.6. The third-order valence-corrected chi connectivity index (χ3v) is 2.40. The summed E-state index contributed by atoms with van der Waals surface area (Å²) in [7, 11) is 0. The van der Waals surface area contributed by atoms with E-state index in [0.717, 1.165) is 11.1 Å². The molecule has 0 bridgehead atoms. The quantitative estimate of drug-likeness (QED) is 0.407. The van der Waals surface area contributed by atoms with Gasteiger partial charge in [0.05, 0.1) is 5.92 Å². The molecule has 0 heterocycles. The molecule has 0 aromatic rings. The van der Waals surface area contributed by atoms with Crippen molar-refractivity contribution in [2.24, 2.45) is 5.92 Å². The van der Waals surface area contributed by atoms with Crippen molar-refractivity contribution in [3.8, 4) is 0 Å². The third kappa shape index (κ3) is 1.47. The van der Waals surface area contributed by atoms with Gasteiger partial charge in [-0.1, -0.05) is 5.57 Å². The van der Waals surface area contributed by atoms with Crippen LogP contribution < -0.4 is 0 Å². The van der Waals surface area contributed by atoms with Crippen molar-refractivity contribution in [3.63, 3.8) is 0 Å². The van der Waals surface area contributed by atoms with Gasteiger partial charge in [-0.15, -0.1) is 0 Å². The van der Waals surface area contributed by atoms with E-state index in [2.05, 4.69) is 0 Å². The Hall–Kier alpha value is -0.920. The van der Waals surface area contributed by atoms with Crippen molar-refractivity contribution >= 4 is 11.6 Å². The molecule has 0 aromatic carbocycles. The summed E-state index contributed by atoms with van der Waals surface area (Å²) < 4.78 is 0. The van der Waals surface area contributed by atoms with Gasteiger partial charge in [-0.05, 0) is 32.8 Å². The molecule has 1 aliphatic rings. The maximum atomic E-state index is 11.5. The molecule has 1 rings (SSSR count). The lowest BCUT2D eigenvalue weighted by atomic mass is 9.82. The number of carbonyl (C=O) groups excluding carboxylic acids is 2. The van der Waals surface area contributed by atoms with E-state index in [-0.39, 0.29) is 11.6 Å². The molecule has 0 amide bonds. The number of hydrogen-bond acceptors (Lipinski definition) is 2. The van der Waals surface area contributed by atoms with Crippen LogP contribution in [0.4, 0.5) is 0 Å². The highest BCUT2D eigenvalue weighted by Gasteiger charge is 2.29. The van der Waals surface area contributed by atoms with Crippen LogP contribution in [0.3, 0.4) is 0 Å². The fourth-order valence-corrected chi connectivity index (χ4v) is 1.49. The van der Waals surface area contributed by atoms with Gasteiger partial charge in [0, 0.05) is 6.42 Å². The van der Waals surface area contributed by atoms with Gasteiger partial charge in [0.25, 0.3) is 0 Å². The monoisotopic (exact) mass is 166 g/mol. The first kappa shape index (κ1) is 9.17. The summed E-state index contributed by atoms with van der Waals surface area (Å²) >= 11 is 0. The van der Waals surface area contributed by atoms with Crippen molar-refractivity contribution in [3.05, 3.63) is 11.1 Å². The van der Waals surface area contributed by atoms with Crippen LogP contribution >= 0.6 is 0 Å². The van der Waals surface area contributed by atoms with Gasteiger partial charge < -0.3 is 0 Å². The summed E-state index contributed by atoms with van der Waals surface area (Å²) in [5, 5.41) is 0. The molecular formula is C10H14O2. The van der Waals surface area contributed by atoms with Crippen LogP contribution in [0.25, 0.3) is 0 Å². The van der Waals surface area contributed by atoms with Gasteiger partial charge in [0.2, 0.25) is 0 Å². The molecule has 0 radical (unpaired) electrons. The standard InChI is InChI=1S/C10H14O2/c1-6(2)8-4-5-9(11)7(3)10(8)12/h7H,4-5H2,1-3H3. The molecule has 1 saturated carbocycles. The highest BCUT2D eigenvalue weighted by Crippen LogP contribution is 2.24. The van der Waals surface area contributed by atoms with Crippen LogP contribution in [0.5, 0.6) is 0 Å². The second kappa shape index (κ2) is 3.21. The number of carbonyl (C=O) groups is 2. The van der Waals surface area contributed by atoms with Gasteiger partial charge in [0.15, 0.2) is 5.78 Å². The van der Waals surface area contributed by atoms with Crippen LogP contribution in [-0.2, 0) is 9.59 Å². The second-order valence-corrected chi connectivity index (χ2v) is 3.53. The molecule has 0 aliphatic heterocycles. The Bertz CT molecular complexity index is 257. The molecule has 1 aliphatic carbocycles. The van der Waals surface area contributed by atoms with Crippen molar-refractivity contribution in [2.45, 2.75) is 33.6 Å². The van der Waals surface area contributed by atoms with E-state index in [4.69, 9.17) is 0 Å². The zero-order valence-electron chi connectivity index (χ0n) is 7.81. The maximum Gasteiger partial charge on any atom is 0.168 e. The van der Waals surface area contributed by atoms with Gasteiger partial charge in [0.1, 0.15) is 5.78 Å². The summed E-state index contributed by atoms with van der Waals surface area (Å²) in [5.74, 6) is -0.278. The Morgan fingerprint density at radius 1 is 1.25 bits per heavy atom. The zero-order valence-corrected chi connectivity index (χ0v) is 7.81. The highest BCUT2D eigenvalue weighted by atomic mass is 16.2. The fourth-order valence-electron chi connectivity index (χ4n) is 1.49. The molecule has 0 aromatic heterocycles. The van der Waals surface area contributed by atoms with E-state index in [0.29, 0.717) is 12.8 Å². The first-order chi connectivity index (χ1) is 5.54. The topological polar surface area (TPSA) is 34.1 Å². The Balaban J connectivity index is 2.94. The molecule has 66 valence electrons. The molecule has 0 N–H and O–H groups in total. The predicted octanol–water partition coefficient (Wildman–Crippen LogP) is 1.89. The molecule has 0 saturated heterocycles. The lowest BCUT2D eigenvalue weighted by Crippen LogP contribution is -2.28. The van der Waals surface area contributed by atoms with E-state index < -0.39 is 5.92 Å². The first-order valence-corrected chi connectivity index (χ1v) is 4.27. The van der Waals surface area contributed by atoms with Crippen LogP contribution in [0, 0.1) is 5.92 Å². The zero-order chi connectivity index (χ0) is 9.30. The van der Waals surface area contributed by atoms with E-state index >= 15 is 0 Å². The largest absolute Gasteiger partial charge is 0.299 e. The highest BCUT2D eigenvalue weighted by molar-refractivity contribution is 6.12. The van der Waals surface area contributed by atoms with Crippen LogP contribution in [0.2, 0.25) is 0 Å². The Kier molecular flexibility index (Phi) is 2.46.